The van der Waals surface area contributed by atoms with Crippen LogP contribution < -0.4 is 0 Å². The fourth-order valence-corrected chi connectivity index (χ4v) is 1.61. The molecule has 0 heterocycles. The van der Waals surface area contributed by atoms with Crippen LogP contribution in [0.25, 0.3) is 0 Å². The summed E-state index contributed by atoms with van der Waals surface area (Å²) in [4.78, 5) is 11.1. The van der Waals surface area contributed by atoms with E-state index in [4.69, 9.17) is 10.2 Å². The molecule has 1 rings (SSSR count). The van der Waals surface area contributed by atoms with Crippen LogP contribution in [0, 0.1) is 5.41 Å². The first-order valence-corrected chi connectivity index (χ1v) is 4.92. The van der Waals surface area contributed by atoms with Crippen LogP contribution in [0.2, 0.25) is 0 Å². The number of carbonyl (C=O) groups is 1. The second-order valence-corrected chi connectivity index (χ2v) is 3.73. The molecule has 0 saturated carbocycles. The number of aliphatic carboxylic acids is 1. The minimum absolute atomic E-state index is 0.165. The molecule has 0 aromatic rings. The van der Waals surface area contributed by atoms with Crippen molar-refractivity contribution in [1.29, 1.82) is 0 Å². The fourth-order valence-electron chi connectivity index (χ4n) is 1.61. The summed E-state index contributed by atoms with van der Waals surface area (Å²) in [6.07, 6.45) is 7.57. The van der Waals surface area contributed by atoms with Gasteiger partial charge in [-0.25, -0.2) is 0 Å². The summed E-state index contributed by atoms with van der Waals surface area (Å²) in [5.41, 5.74) is -0.789. The van der Waals surface area contributed by atoms with Gasteiger partial charge in [0.2, 0.25) is 0 Å². The first-order chi connectivity index (χ1) is 6.60. The minimum atomic E-state index is -0.800. The van der Waals surface area contributed by atoms with E-state index in [1.807, 2.05) is 6.92 Å². The van der Waals surface area contributed by atoms with E-state index < -0.39 is 11.4 Å². The molecule has 0 saturated heterocycles. The standard InChI is InChI=1S/C11H16O3/c1-2-3-6-11(10(13)14)7-4-9(12)5-8-11/h4-5,7,12H,2-3,6,8H2,1H3,(H,13,14). The van der Waals surface area contributed by atoms with Gasteiger partial charge >= 0.3 is 5.97 Å². The van der Waals surface area contributed by atoms with Crippen molar-refractivity contribution < 1.29 is 15.0 Å². The number of aliphatic hydroxyl groups is 1. The molecule has 3 nitrogen and oxygen atoms in total. The molecule has 0 fully saturated rings. The molecule has 2 N–H and O–H groups in total. The molecule has 0 amide bonds. The molecule has 3 heteroatoms. The summed E-state index contributed by atoms with van der Waals surface area (Å²) in [6, 6.07) is 0. The maximum absolute atomic E-state index is 11.1. The summed E-state index contributed by atoms with van der Waals surface area (Å²) >= 11 is 0. The van der Waals surface area contributed by atoms with Gasteiger partial charge in [-0.05, 0) is 25.0 Å². The first-order valence-electron chi connectivity index (χ1n) is 4.92. The van der Waals surface area contributed by atoms with Crippen LogP contribution in [0.4, 0.5) is 0 Å². The lowest BCUT2D eigenvalue weighted by Gasteiger charge is -2.26. The van der Waals surface area contributed by atoms with Gasteiger partial charge in [0, 0.05) is 0 Å². The molecule has 0 aromatic carbocycles. The molecular weight excluding hydrogens is 180 g/mol. The van der Waals surface area contributed by atoms with Gasteiger partial charge in [0.05, 0.1) is 5.41 Å². The lowest BCUT2D eigenvalue weighted by Crippen LogP contribution is -2.29. The molecule has 1 atom stereocenters. The molecular formula is C11H16O3. The van der Waals surface area contributed by atoms with E-state index in [0.29, 0.717) is 12.8 Å². The average molecular weight is 196 g/mol. The number of carboxylic acid groups (broad SMARTS) is 1. The van der Waals surface area contributed by atoms with Crippen LogP contribution in [0.5, 0.6) is 0 Å². The predicted molar refractivity (Wildman–Crippen MR) is 54.1 cm³/mol. The number of hydrogen-bond donors (Lipinski definition) is 2. The summed E-state index contributed by atoms with van der Waals surface area (Å²) < 4.78 is 0. The Morgan fingerprint density at radius 1 is 1.64 bits per heavy atom. The first kappa shape index (κ1) is 10.8. The van der Waals surface area contributed by atoms with Crippen LogP contribution >= 0.6 is 0 Å². The average Bonchev–Trinajstić information content (AvgIpc) is 2.17. The van der Waals surface area contributed by atoms with Crippen molar-refractivity contribution in [3.63, 3.8) is 0 Å². The van der Waals surface area contributed by atoms with Crippen molar-refractivity contribution in [1.82, 2.24) is 0 Å². The highest BCUT2D eigenvalue weighted by molar-refractivity contribution is 5.77. The van der Waals surface area contributed by atoms with Crippen LogP contribution in [-0.2, 0) is 4.79 Å². The Balaban J connectivity index is 2.76. The van der Waals surface area contributed by atoms with Crippen LogP contribution in [0.15, 0.2) is 24.0 Å². The summed E-state index contributed by atoms with van der Waals surface area (Å²) in [6.45, 7) is 2.04. The molecule has 0 bridgehead atoms. The Labute approximate surface area is 83.8 Å². The zero-order chi connectivity index (χ0) is 10.6. The van der Waals surface area contributed by atoms with Gasteiger partial charge in [0.25, 0.3) is 0 Å². The molecule has 1 aliphatic carbocycles. The minimum Gasteiger partial charge on any atom is -0.508 e. The van der Waals surface area contributed by atoms with E-state index in [2.05, 4.69) is 0 Å². The highest BCUT2D eigenvalue weighted by Crippen LogP contribution is 2.34. The Kier molecular flexibility index (Phi) is 3.33. The molecule has 1 unspecified atom stereocenters. The second kappa shape index (κ2) is 4.31. The third kappa shape index (κ3) is 2.16. The van der Waals surface area contributed by atoms with Crippen LogP contribution in [0.1, 0.15) is 32.6 Å². The van der Waals surface area contributed by atoms with Gasteiger partial charge < -0.3 is 10.2 Å². The number of aliphatic hydroxyl groups excluding tert-OH is 1. The zero-order valence-corrected chi connectivity index (χ0v) is 8.36. The molecule has 0 radical (unpaired) electrons. The van der Waals surface area contributed by atoms with E-state index in [9.17, 15) is 4.79 Å². The quantitative estimate of drug-likeness (QED) is 0.726. The largest absolute Gasteiger partial charge is 0.508 e. The molecule has 14 heavy (non-hydrogen) atoms. The molecule has 0 aliphatic heterocycles. The molecule has 78 valence electrons. The maximum Gasteiger partial charge on any atom is 0.313 e. The van der Waals surface area contributed by atoms with Gasteiger partial charge in [-0.1, -0.05) is 25.8 Å². The highest BCUT2D eigenvalue weighted by Gasteiger charge is 2.35. The summed E-state index contributed by atoms with van der Waals surface area (Å²) in [7, 11) is 0. The van der Waals surface area contributed by atoms with E-state index in [-0.39, 0.29) is 5.76 Å². The highest BCUT2D eigenvalue weighted by atomic mass is 16.4. The van der Waals surface area contributed by atoms with Gasteiger partial charge in [-0.3, -0.25) is 4.79 Å². The van der Waals surface area contributed by atoms with Gasteiger partial charge in [-0.2, -0.15) is 0 Å². The topological polar surface area (TPSA) is 57.5 Å². The van der Waals surface area contributed by atoms with Crippen LogP contribution in [-0.4, -0.2) is 16.2 Å². The number of unbranched alkanes of at least 4 members (excludes halogenated alkanes) is 1. The molecule has 0 spiro atoms. The van der Waals surface area contributed by atoms with Crippen molar-refractivity contribution in [3.05, 3.63) is 24.0 Å². The SMILES string of the molecule is CCCCC1(C(=O)O)C=CC(O)=CC1. The molecule has 0 aromatic heterocycles. The Morgan fingerprint density at radius 2 is 2.36 bits per heavy atom. The Bertz CT molecular complexity index is 278. The van der Waals surface area contributed by atoms with Gasteiger partial charge in [-0.15, -0.1) is 0 Å². The van der Waals surface area contributed by atoms with E-state index in [1.165, 1.54) is 6.08 Å². The van der Waals surface area contributed by atoms with E-state index >= 15 is 0 Å². The zero-order valence-electron chi connectivity index (χ0n) is 8.36. The number of hydrogen-bond acceptors (Lipinski definition) is 2. The Hall–Kier alpha value is -1.25. The van der Waals surface area contributed by atoms with Crippen molar-refractivity contribution >= 4 is 5.97 Å². The second-order valence-electron chi connectivity index (χ2n) is 3.73. The number of carboxylic acids is 1. The summed E-state index contributed by atoms with van der Waals surface area (Å²) in [5.74, 6) is -0.635. The third-order valence-corrected chi connectivity index (χ3v) is 2.65. The monoisotopic (exact) mass is 196 g/mol. The maximum atomic E-state index is 11.1. The summed E-state index contributed by atoms with van der Waals surface area (Å²) in [5, 5.41) is 18.3. The van der Waals surface area contributed by atoms with Crippen molar-refractivity contribution in [2.24, 2.45) is 5.41 Å². The van der Waals surface area contributed by atoms with Gasteiger partial charge in [0.1, 0.15) is 5.76 Å². The van der Waals surface area contributed by atoms with Gasteiger partial charge in [0.15, 0.2) is 0 Å². The normalized spacial score (nSPS) is 25.9. The van der Waals surface area contributed by atoms with E-state index in [1.54, 1.807) is 12.2 Å². The lowest BCUT2D eigenvalue weighted by atomic mass is 9.77. The van der Waals surface area contributed by atoms with Crippen LogP contribution in [0.3, 0.4) is 0 Å². The number of allylic oxidation sites excluding steroid dienone is 2. The van der Waals surface area contributed by atoms with Crippen molar-refractivity contribution in [3.8, 4) is 0 Å². The Morgan fingerprint density at radius 3 is 2.79 bits per heavy atom. The number of rotatable bonds is 4. The predicted octanol–water partition coefficient (Wildman–Crippen LogP) is 2.65. The van der Waals surface area contributed by atoms with E-state index in [0.717, 1.165) is 12.8 Å². The fraction of sp³-hybridized carbons (Fsp3) is 0.545. The smallest absolute Gasteiger partial charge is 0.313 e. The molecule has 1 aliphatic rings. The third-order valence-electron chi connectivity index (χ3n) is 2.65. The lowest BCUT2D eigenvalue weighted by molar-refractivity contribution is -0.146. The van der Waals surface area contributed by atoms with Crippen molar-refractivity contribution in [2.75, 3.05) is 0 Å². The van der Waals surface area contributed by atoms with Crippen molar-refractivity contribution in [2.45, 2.75) is 32.6 Å².